The Kier molecular flexibility index (Phi) is 6.44. The maximum Gasteiger partial charge on any atom is 0.0595 e. The lowest BCUT2D eigenvalue weighted by atomic mass is 10.0. The summed E-state index contributed by atoms with van der Waals surface area (Å²) in [5, 5.41) is 4.67. The molecule has 1 atom stereocenters. The van der Waals surface area contributed by atoms with E-state index in [-0.39, 0.29) is 0 Å². The molecular weight excluding hydrogens is 253 g/mol. The molecule has 0 bridgehead atoms. The minimum atomic E-state index is 0.309. The fraction of sp³-hybridized carbons (Fsp3) is 0.429. The average Bonchev–Trinajstić information content (AvgIpc) is 2.33. The van der Waals surface area contributed by atoms with Crippen LogP contribution in [0.15, 0.2) is 18.2 Å². The molecule has 0 radical (unpaired) electrons. The molecule has 1 aromatic rings. The Morgan fingerprint density at radius 2 is 2.06 bits per heavy atom. The molecule has 1 N–H and O–H groups in total. The summed E-state index contributed by atoms with van der Waals surface area (Å²) in [6.45, 7) is 4.89. The standard InChI is InChI=1S/C14H17Cl2N/c1-3-5-6-9-17-14(4-2)11-7-8-12(15)13(16)10-11/h7-8,10,14,17H,4,6,9H2,1-2H3. The molecule has 0 aromatic heterocycles. The highest BCUT2D eigenvalue weighted by Gasteiger charge is 2.09. The first-order valence-electron chi connectivity index (χ1n) is 5.77. The quantitative estimate of drug-likeness (QED) is 0.615. The van der Waals surface area contributed by atoms with Gasteiger partial charge in [0, 0.05) is 19.0 Å². The molecule has 0 heterocycles. The molecule has 0 spiro atoms. The van der Waals surface area contributed by atoms with Crippen molar-refractivity contribution in [1.29, 1.82) is 0 Å². The van der Waals surface area contributed by atoms with Crippen molar-refractivity contribution in [3.63, 3.8) is 0 Å². The van der Waals surface area contributed by atoms with Crippen molar-refractivity contribution < 1.29 is 0 Å². The van der Waals surface area contributed by atoms with Crippen molar-refractivity contribution in [1.82, 2.24) is 5.32 Å². The van der Waals surface area contributed by atoms with Gasteiger partial charge in [-0.25, -0.2) is 0 Å². The zero-order valence-corrected chi connectivity index (χ0v) is 11.7. The van der Waals surface area contributed by atoms with Gasteiger partial charge in [0.15, 0.2) is 0 Å². The van der Waals surface area contributed by atoms with Gasteiger partial charge in [-0.15, -0.1) is 11.8 Å². The van der Waals surface area contributed by atoms with Crippen molar-refractivity contribution >= 4 is 23.2 Å². The second-order valence-electron chi connectivity index (χ2n) is 3.77. The van der Waals surface area contributed by atoms with E-state index in [1.807, 2.05) is 25.1 Å². The Morgan fingerprint density at radius 3 is 2.65 bits per heavy atom. The van der Waals surface area contributed by atoms with E-state index >= 15 is 0 Å². The van der Waals surface area contributed by atoms with Crippen LogP contribution in [0.2, 0.25) is 10.0 Å². The van der Waals surface area contributed by atoms with Crippen LogP contribution in [0.1, 0.15) is 38.3 Å². The van der Waals surface area contributed by atoms with Crippen molar-refractivity contribution in [2.24, 2.45) is 0 Å². The summed E-state index contributed by atoms with van der Waals surface area (Å²) in [7, 11) is 0. The lowest BCUT2D eigenvalue weighted by Gasteiger charge is -2.17. The second kappa shape index (κ2) is 7.61. The van der Waals surface area contributed by atoms with Crippen molar-refractivity contribution in [2.75, 3.05) is 6.54 Å². The predicted octanol–water partition coefficient (Wildman–Crippen LogP) is 4.45. The van der Waals surface area contributed by atoms with E-state index in [1.54, 1.807) is 0 Å². The van der Waals surface area contributed by atoms with Crippen LogP contribution in [-0.2, 0) is 0 Å². The van der Waals surface area contributed by atoms with Gasteiger partial charge in [0.05, 0.1) is 10.0 Å². The van der Waals surface area contributed by atoms with Crippen LogP contribution < -0.4 is 5.32 Å². The van der Waals surface area contributed by atoms with Crippen LogP contribution in [-0.4, -0.2) is 6.54 Å². The number of benzene rings is 1. The molecule has 0 amide bonds. The minimum absolute atomic E-state index is 0.309. The highest BCUT2D eigenvalue weighted by Crippen LogP contribution is 2.26. The summed E-state index contributed by atoms with van der Waals surface area (Å²) < 4.78 is 0. The van der Waals surface area contributed by atoms with E-state index in [1.165, 1.54) is 5.56 Å². The maximum atomic E-state index is 6.02. The van der Waals surface area contributed by atoms with Crippen molar-refractivity contribution in [3.8, 4) is 11.8 Å². The van der Waals surface area contributed by atoms with E-state index in [0.717, 1.165) is 19.4 Å². The van der Waals surface area contributed by atoms with Gasteiger partial charge in [-0.1, -0.05) is 36.2 Å². The lowest BCUT2D eigenvalue weighted by Crippen LogP contribution is -2.21. The van der Waals surface area contributed by atoms with Crippen LogP contribution in [0.25, 0.3) is 0 Å². The highest BCUT2D eigenvalue weighted by atomic mass is 35.5. The van der Waals surface area contributed by atoms with Crippen molar-refractivity contribution in [2.45, 2.75) is 32.7 Å². The number of nitrogens with one attached hydrogen (secondary N) is 1. The third-order valence-electron chi connectivity index (χ3n) is 2.57. The first kappa shape index (κ1) is 14.4. The summed E-state index contributed by atoms with van der Waals surface area (Å²) in [4.78, 5) is 0. The zero-order valence-electron chi connectivity index (χ0n) is 10.2. The largest absolute Gasteiger partial charge is 0.309 e. The minimum Gasteiger partial charge on any atom is -0.309 e. The Balaban J connectivity index is 2.64. The average molecular weight is 270 g/mol. The van der Waals surface area contributed by atoms with Gasteiger partial charge >= 0.3 is 0 Å². The SMILES string of the molecule is CC#CCCNC(CC)c1ccc(Cl)c(Cl)c1. The van der Waals surface area contributed by atoms with E-state index in [4.69, 9.17) is 23.2 Å². The first-order chi connectivity index (χ1) is 8.19. The molecule has 92 valence electrons. The second-order valence-corrected chi connectivity index (χ2v) is 4.58. The van der Waals surface area contributed by atoms with Crippen LogP contribution in [0.3, 0.4) is 0 Å². The van der Waals surface area contributed by atoms with Crippen LogP contribution in [0, 0.1) is 11.8 Å². The summed E-state index contributed by atoms with van der Waals surface area (Å²) in [5.41, 5.74) is 1.17. The van der Waals surface area contributed by atoms with E-state index in [2.05, 4.69) is 24.1 Å². The summed E-state index contributed by atoms with van der Waals surface area (Å²) in [5.74, 6) is 5.93. The fourth-order valence-corrected chi connectivity index (χ4v) is 1.97. The van der Waals surface area contributed by atoms with Gasteiger partial charge < -0.3 is 5.32 Å². The number of hydrogen-bond donors (Lipinski definition) is 1. The molecule has 1 rings (SSSR count). The summed E-state index contributed by atoms with van der Waals surface area (Å²) in [6, 6.07) is 6.09. The smallest absolute Gasteiger partial charge is 0.0595 e. The highest BCUT2D eigenvalue weighted by molar-refractivity contribution is 6.42. The molecule has 0 saturated heterocycles. The van der Waals surface area contributed by atoms with E-state index in [0.29, 0.717) is 16.1 Å². The third-order valence-corrected chi connectivity index (χ3v) is 3.31. The lowest BCUT2D eigenvalue weighted by molar-refractivity contribution is 0.527. The number of rotatable bonds is 5. The van der Waals surface area contributed by atoms with Gasteiger partial charge in [0.25, 0.3) is 0 Å². The molecule has 0 aliphatic carbocycles. The first-order valence-corrected chi connectivity index (χ1v) is 6.52. The van der Waals surface area contributed by atoms with Crippen molar-refractivity contribution in [3.05, 3.63) is 33.8 Å². The molecule has 0 aliphatic heterocycles. The van der Waals surface area contributed by atoms with Gasteiger partial charge in [-0.2, -0.15) is 0 Å². The number of halogens is 2. The van der Waals surface area contributed by atoms with Gasteiger partial charge in [-0.05, 0) is 31.0 Å². The molecule has 3 heteroatoms. The van der Waals surface area contributed by atoms with Crippen LogP contribution in [0.5, 0.6) is 0 Å². The van der Waals surface area contributed by atoms with E-state index in [9.17, 15) is 0 Å². The fourth-order valence-electron chi connectivity index (χ4n) is 1.66. The molecular formula is C14H17Cl2N. The number of hydrogen-bond acceptors (Lipinski definition) is 1. The van der Waals surface area contributed by atoms with Gasteiger partial charge in [0.2, 0.25) is 0 Å². The van der Waals surface area contributed by atoms with Crippen LogP contribution in [0.4, 0.5) is 0 Å². The third kappa shape index (κ3) is 4.60. The zero-order chi connectivity index (χ0) is 12.7. The Hall–Kier alpha value is -0.680. The topological polar surface area (TPSA) is 12.0 Å². The molecule has 0 saturated carbocycles. The summed E-state index contributed by atoms with van der Waals surface area (Å²) >= 11 is 11.9. The normalized spacial score (nSPS) is 11.8. The molecule has 17 heavy (non-hydrogen) atoms. The van der Waals surface area contributed by atoms with Gasteiger partial charge in [-0.3, -0.25) is 0 Å². The Labute approximate surface area is 114 Å². The molecule has 0 fully saturated rings. The monoisotopic (exact) mass is 269 g/mol. The molecule has 1 unspecified atom stereocenters. The predicted molar refractivity (Wildman–Crippen MR) is 75.6 cm³/mol. The molecule has 0 aliphatic rings. The van der Waals surface area contributed by atoms with Gasteiger partial charge in [0.1, 0.15) is 0 Å². The summed E-state index contributed by atoms with van der Waals surface area (Å²) in [6.07, 6.45) is 1.88. The Bertz CT molecular complexity index is 418. The maximum absolute atomic E-state index is 6.02. The molecule has 1 aromatic carbocycles. The van der Waals surface area contributed by atoms with E-state index < -0.39 is 0 Å². The van der Waals surface area contributed by atoms with Crippen LogP contribution >= 0.6 is 23.2 Å². The Morgan fingerprint density at radius 1 is 1.29 bits per heavy atom. The molecule has 1 nitrogen and oxygen atoms in total.